The molecule has 290 valence electrons. The summed E-state index contributed by atoms with van der Waals surface area (Å²) in [6.45, 7) is -10.1. The van der Waals surface area contributed by atoms with Crippen LogP contribution in [0, 0.1) is 0 Å². The van der Waals surface area contributed by atoms with Gasteiger partial charge in [0.05, 0.1) is 0 Å². The van der Waals surface area contributed by atoms with Crippen LogP contribution in [0.1, 0.15) is 0 Å². The Morgan fingerprint density at radius 1 is 0.540 bits per heavy atom. The molecule has 0 aliphatic carbocycles. The van der Waals surface area contributed by atoms with Gasteiger partial charge in [0, 0.05) is 7.11 Å². The monoisotopic (exact) mass is 778 g/mol. The number of carbonyl (C=O) groups is 4. The van der Waals surface area contributed by atoms with Crippen molar-refractivity contribution in [3.63, 3.8) is 0 Å². The van der Waals surface area contributed by atoms with E-state index in [-0.39, 0.29) is 0 Å². The summed E-state index contributed by atoms with van der Waals surface area (Å²) in [5, 5.41) is 0. The van der Waals surface area contributed by atoms with Crippen LogP contribution < -0.4 is 0 Å². The fourth-order valence-electron chi connectivity index (χ4n) is 2.80. The van der Waals surface area contributed by atoms with Gasteiger partial charge in [-0.25, -0.2) is 54.3 Å². The van der Waals surface area contributed by atoms with Gasteiger partial charge in [0.15, 0.2) is 50.8 Å². The van der Waals surface area contributed by atoms with Crippen LogP contribution in [0.5, 0.6) is 0 Å². The standard InChI is InChI=1S/C21H19BF16O12/c1-43-6(10(39)44-2-18(31,32)14(23)24)7(11(40)45-3-19(33,34)15(25)26)48-22-49-8(12(41)46-4-20(35,36)16(27)28)9(50-22)13(42)47-5-21(37,38)17(29)30/h6-9,14-17H,2-5H2,1H3. The quantitative estimate of drug-likeness (QED) is 0.0777. The van der Waals surface area contributed by atoms with Gasteiger partial charge >= 0.3 is 80.6 Å². The number of carbonyl (C=O) groups excluding carboxylic acids is 4. The third-order valence-corrected chi connectivity index (χ3v) is 5.41. The lowest BCUT2D eigenvalue weighted by atomic mass is 10.1. The average molecular weight is 778 g/mol. The van der Waals surface area contributed by atoms with Crippen molar-refractivity contribution < 1.29 is 127 Å². The van der Waals surface area contributed by atoms with Crippen molar-refractivity contribution in [1.29, 1.82) is 0 Å². The average Bonchev–Trinajstić information content (AvgIpc) is 3.44. The van der Waals surface area contributed by atoms with E-state index in [0.29, 0.717) is 7.11 Å². The van der Waals surface area contributed by atoms with E-state index < -0.39 is 131 Å². The van der Waals surface area contributed by atoms with E-state index in [1.807, 2.05) is 0 Å². The highest BCUT2D eigenvalue weighted by molar-refractivity contribution is 6.39. The van der Waals surface area contributed by atoms with Crippen LogP contribution in [-0.2, 0) is 56.8 Å². The van der Waals surface area contributed by atoms with Gasteiger partial charge in [-0.15, -0.1) is 0 Å². The first-order valence-electron chi connectivity index (χ1n) is 12.5. The number of rotatable bonds is 20. The molecule has 0 aromatic heterocycles. The zero-order valence-electron chi connectivity index (χ0n) is 24.0. The normalized spacial score (nSPS) is 18.9. The largest absolute Gasteiger partial charge is 0.641 e. The highest BCUT2D eigenvalue weighted by Crippen LogP contribution is 2.29. The molecule has 0 saturated carbocycles. The summed E-state index contributed by atoms with van der Waals surface area (Å²) in [7, 11) is -2.70. The molecule has 0 spiro atoms. The molecule has 1 fully saturated rings. The van der Waals surface area contributed by atoms with Gasteiger partial charge in [0.1, 0.15) is 0 Å². The summed E-state index contributed by atoms with van der Waals surface area (Å²) in [4.78, 5) is 49.4. The van der Waals surface area contributed by atoms with Crippen molar-refractivity contribution in [2.75, 3.05) is 33.5 Å². The molecule has 4 atom stereocenters. The molecule has 0 aromatic rings. The molecule has 1 aliphatic heterocycles. The molecule has 1 heterocycles. The van der Waals surface area contributed by atoms with Gasteiger partial charge in [0.2, 0.25) is 0 Å². The van der Waals surface area contributed by atoms with Crippen LogP contribution in [0.15, 0.2) is 0 Å². The lowest BCUT2D eigenvalue weighted by Gasteiger charge is -2.26. The molecule has 12 nitrogen and oxygen atoms in total. The second kappa shape index (κ2) is 17.7. The number of methoxy groups -OCH3 is 1. The molecular formula is C21H19BF16O12. The Morgan fingerprint density at radius 2 is 0.820 bits per heavy atom. The molecule has 0 bridgehead atoms. The van der Waals surface area contributed by atoms with E-state index in [4.69, 9.17) is 0 Å². The number of alkyl halides is 16. The zero-order valence-corrected chi connectivity index (χ0v) is 24.0. The van der Waals surface area contributed by atoms with Gasteiger partial charge in [-0.2, -0.15) is 35.1 Å². The molecule has 1 saturated heterocycles. The van der Waals surface area contributed by atoms with E-state index in [1.165, 1.54) is 0 Å². The number of hydrogen-bond acceptors (Lipinski definition) is 12. The Morgan fingerprint density at radius 3 is 1.10 bits per heavy atom. The van der Waals surface area contributed by atoms with Crippen LogP contribution in [-0.4, -0.2) is 139 Å². The summed E-state index contributed by atoms with van der Waals surface area (Å²) in [6, 6.07) is 0. The topological polar surface area (TPSA) is 142 Å². The Kier molecular flexibility index (Phi) is 15.9. The third kappa shape index (κ3) is 12.5. The molecule has 29 heteroatoms. The highest BCUT2D eigenvalue weighted by Gasteiger charge is 2.56. The molecule has 0 N–H and O–H groups in total. The molecule has 0 radical (unpaired) electrons. The van der Waals surface area contributed by atoms with Crippen LogP contribution in [0.3, 0.4) is 0 Å². The van der Waals surface area contributed by atoms with E-state index in [1.54, 1.807) is 0 Å². The SMILES string of the molecule is COC(C(=O)OCC(F)(F)C(F)F)C(OB1OC(C(=O)OCC(F)(F)C(F)F)C(C(=O)OCC(F)(F)C(F)F)O1)C(=O)OCC(F)(F)C(F)F. The maximum Gasteiger partial charge on any atom is 0.641 e. The minimum Gasteiger partial charge on any atom is -0.457 e. The summed E-state index contributed by atoms with van der Waals surface area (Å²) < 4.78 is 239. The fourth-order valence-corrected chi connectivity index (χ4v) is 2.80. The molecule has 0 amide bonds. The molecular weight excluding hydrogens is 759 g/mol. The van der Waals surface area contributed by atoms with Gasteiger partial charge < -0.3 is 37.6 Å². The lowest BCUT2D eigenvalue weighted by Crippen LogP contribution is -2.50. The second-order valence-electron chi connectivity index (χ2n) is 9.29. The van der Waals surface area contributed by atoms with Crippen LogP contribution in [0.25, 0.3) is 0 Å². The van der Waals surface area contributed by atoms with Gasteiger partial charge in [0.25, 0.3) is 0 Å². The van der Waals surface area contributed by atoms with Gasteiger partial charge in [-0.05, 0) is 0 Å². The van der Waals surface area contributed by atoms with Crippen LogP contribution in [0.2, 0.25) is 0 Å². The Hall–Kier alpha value is -3.34. The minimum absolute atomic E-state index is 0.359. The summed E-state index contributed by atoms with van der Waals surface area (Å²) >= 11 is 0. The Balaban J connectivity index is 3.44. The summed E-state index contributed by atoms with van der Waals surface area (Å²) in [6.07, 6.45) is -30.2. The first-order chi connectivity index (χ1) is 22.7. The van der Waals surface area contributed by atoms with E-state index in [2.05, 4.69) is 37.6 Å². The highest BCUT2D eigenvalue weighted by atomic mass is 19.3. The number of ether oxygens (including phenoxy) is 5. The van der Waals surface area contributed by atoms with Crippen molar-refractivity contribution in [2.45, 2.75) is 73.8 Å². The zero-order chi connectivity index (χ0) is 39.0. The maximum atomic E-state index is 13.3. The van der Waals surface area contributed by atoms with Gasteiger partial charge in [-0.1, -0.05) is 0 Å². The van der Waals surface area contributed by atoms with Crippen LogP contribution >= 0.6 is 0 Å². The Labute approximate surface area is 266 Å². The first-order valence-corrected chi connectivity index (χ1v) is 12.5. The van der Waals surface area contributed by atoms with E-state index >= 15 is 0 Å². The fraction of sp³-hybridized carbons (Fsp3) is 0.810. The molecule has 1 rings (SSSR count). The number of hydrogen-bond donors (Lipinski definition) is 0. The second-order valence-corrected chi connectivity index (χ2v) is 9.29. The van der Waals surface area contributed by atoms with Crippen molar-refractivity contribution >= 4 is 31.2 Å². The Bertz CT molecular complexity index is 1120. The molecule has 1 aliphatic rings. The molecule has 0 aromatic carbocycles. The molecule has 50 heavy (non-hydrogen) atoms. The van der Waals surface area contributed by atoms with E-state index in [9.17, 15) is 89.4 Å². The van der Waals surface area contributed by atoms with Gasteiger partial charge in [-0.3, -0.25) is 0 Å². The van der Waals surface area contributed by atoms with Crippen molar-refractivity contribution in [3.8, 4) is 0 Å². The molecule has 4 unspecified atom stereocenters. The van der Waals surface area contributed by atoms with Crippen LogP contribution in [0.4, 0.5) is 70.2 Å². The number of halogens is 16. The minimum atomic E-state index is -5.16. The maximum absolute atomic E-state index is 13.3. The summed E-state index contributed by atoms with van der Waals surface area (Å²) in [5.41, 5.74) is 0. The van der Waals surface area contributed by atoms with Crippen molar-refractivity contribution in [1.82, 2.24) is 0 Å². The predicted molar refractivity (Wildman–Crippen MR) is 119 cm³/mol. The third-order valence-electron chi connectivity index (χ3n) is 5.41. The number of esters is 4. The lowest BCUT2D eigenvalue weighted by molar-refractivity contribution is -0.200. The van der Waals surface area contributed by atoms with Crippen molar-refractivity contribution in [2.24, 2.45) is 0 Å². The van der Waals surface area contributed by atoms with E-state index in [0.717, 1.165) is 0 Å². The predicted octanol–water partition coefficient (Wildman–Crippen LogP) is 2.93. The smallest absolute Gasteiger partial charge is 0.457 e. The first kappa shape index (κ1) is 44.7. The summed E-state index contributed by atoms with van der Waals surface area (Å²) in [5.74, 6) is -30.0. The van der Waals surface area contributed by atoms with Crippen molar-refractivity contribution in [3.05, 3.63) is 0 Å².